The fourth-order valence-electron chi connectivity index (χ4n) is 4.53. The summed E-state index contributed by atoms with van der Waals surface area (Å²) in [6.07, 6.45) is 0. The van der Waals surface area contributed by atoms with E-state index in [1.54, 1.807) is 42.5 Å². The summed E-state index contributed by atoms with van der Waals surface area (Å²) in [5.41, 5.74) is -2.11. The molecule has 140 valence electrons. The van der Waals surface area contributed by atoms with E-state index in [0.29, 0.717) is 21.5 Å². The minimum absolute atomic E-state index is 0.0353. The van der Waals surface area contributed by atoms with Crippen molar-refractivity contribution in [2.75, 3.05) is 0 Å². The molecule has 4 heteroatoms. The molecule has 0 aliphatic heterocycles. The molecule has 0 N–H and O–H groups in total. The minimum atomic E-state index is -0.745. The summed E-state index contributed by atoms with van der Waals surface area (Å²) in [5.74, 6) is 0. The molecule has 0 fully saturated rings. The minimum Gasteiger partial charge on any atom is -0.289 e. The molecule has 0 bridgehead atoms. The van der Waals surface area contributed by atoms with E-state index in [9.17, 15) is 19.2 Å². The van der Waals surface area contributed by atoms with Crippen LogP contribution in [0.4, 0.5) is 0 Å². The first kappa shape index (κ1) is 16.7. The molecule has 0 radical (unpaired) electrons. The fourth-order valence-corrected chi connectivity index (χ4v) is 4.53. The summed E-state index contributed by atoms with van der Waals surface area (Å²) in [6, 6.07) is 21.0. The summed E-state index contributed by atoms with van der Waals surface area (Å²) in [6.45, 7) is 0. The Morgan fingerprint density at radius 1 is 0.367 bits per heavy atom. The number of hydrogen-bond donors (Lipinski definition) is 0. The van der Waals surface area contributed by atoms with E-state index >= 15 is 0 Å². The highest BCUT2D eigenvalue weighted by Crippen LogP contribution is 2.29. The molecule has 0 aliphatic carbocycles. The van der Waals surface area contributed by atoms with E-state index in [1.807, 2.05) is 30.3 Å². The van der Waals surface area contributed by atoms with Gasteiger partial charge in [-0.2, -0.15) is 0 Å². The number of hydrogen-bond acceptors (Lipinski definition) is 4. The van der Waals surface area contributed by atoms with Crippen LogP contribution in [0.2, 0.25) is 0 Å². The largest absolute Gasteiger partial charge is 0.289 e. The van der Waals surface area contributed by atoms with Crippen LogP contribution < -0.4 is 21.7 Å². The van der Waals surface area contributed by atoms with Crippen LogP contribution in [-0.2, 0) is 0 Å². The monoisotopic (exact) mass is 388 g/mol. The first-order valence-electron chi connectivity index (χ1n) is 9.54. The van der Waals surface area contributed by atoms with Gasteiger partial charge in [0, 0.05) is 32.3 Å². The van der Waals surface area contributed by atoms with Crippen molar-refractivity contribution >= 4 is 53.9 Å². The van der Waals surface area contributed by atoms with Crippen molar-refractivity contribution in [2.45, 2.75) is 0 Å². The van der Waals surface area contributed by atoms with Crippen LogP contribution in [0.3, 0.4) is 0 Å². The third-order valence-corrected chi connectivity index (χ3v) is 5.95. The normalized spacial score (nSPS) is 11.9. The highest BCUT2D eigenvalue weighted by atomic mass is 16.2. The highest BCUT2D eigenvalue weighted by Gasteiger charge is 2.18. The Morgan fingerprint density at radius 3 is 1.60 bits per heavy atom. The Kier molecular flexibility index (Phi) is 3.17. The molecule has 0 amide bonds. The Labute approximate surface area is 167 Å². The van der Waals surface area contributed by atoms with E-state index in [2.05, 4.69) is 0 Å². The van der Waals surface area contributed by atoms with Crippen LogP contribution in [0.1, 0.15) is 0 Å². The van der Waals surface area contributed by atoms with Crippen molar-refractivity contribution in [1.82, 2.24) is 0 Å². The zero-order valence-electron chi connectivity index (χ0n) is 15.6. The molecular formula is C26H12O4. The molecule has 6 aromatic carbocycles. The van der Waals surface area contributed by atoms with Crippen LogP contribution in [0, 0.1) is 0 Å². The molecule has 6 aromatic rings. The van der Waals surface area contributed by atoms with Gasteiger partial charge in [0.05, 0.1) is 0 Å². The standard InChI is InChI=1S/C26H12O4/c27-23-16-7-3-4-8-17(16)24(28)22-18(23)10-9-15-19-11-13-5-1-2-6-14(13)12-20(19)25(29)26(30)21(15)22/h1-12H. The van der Waals surface area contributed by atoms with E-state index in [4.69, 9.17) is 0 Å². The van der Waals surface area contributed by atoms with E-state index in [0.717, 1.165) is 10.8 Å². The van der Waals surface area contributed by atoms with Gasteiger partial charge in [0.25, 0.3) is 0 Å². The Balaban J connectivity index is 1.99. The quantitative estimate of drug-likeness (QED) is 0.226. The van der Waals surface area contributed by atoms with Crippen molar-refractivity contribution in [3.05, 3.63) is 114 Å². The maximum absolute atomic E-state index is 13.3. The first-order valence-corrected chi connectivity index (χ1v) is 9.54. The molecule has 4 nitrogen and oxygen atoms in total. The van der Waals surface area contributed by atoms with Gasteiger partial charge < -0.3 is 0 Å². The van der Waals surface area contributed by atoms with Crippen molar-refractivity contribution < 1.29 is 0 Å². The van der Waals surface area contributed by atoms with Gasteiger partial charge in [-0.15, -0.1) is 0 Å². The molecule has 0 unspecified atom stereocenters. The molecule has 30 heavy (non-hydrogen) atoms. The summed E-state index contributed by atoms with van der Waals surface area (Å²) in [4.78, 5) is 52.4. The second-order valence-electron chi connectivity index (χ2n) is 7.52. The Hall–Kier alpha value is -4.18. The van der Waals surface area contributed by atoms with Crippen LogP contribution in [-0.4, -0.2) is 0 Å². The molecule has 0 saturated heterocycles. The topological polar surface area (TPSA) is 68.3 Å². The Bertz CT molecular complexity index is 1920. The van der Waals surface area contributed by atoms with Crippen molar-refractivity contribution in [2.24, 2.45) is 0 Å². The van der Waals surface area contributed by atoms with Gasteiger partial charge >= 0.3 is 0 Å². The molecule has 0 aliphatic rings. The van der Waals surface area contributed by atoms with Crippen LogP contribution >= 0.6 is 0 Å². The molecule has 0 spiro atoms. The first-order chi connectivity index (χ1) is 14.6. The van der Waals surface area contributed by atoms with Crippen molar-refractivity contribution in [3.63, 3.8) is 0 Å². The lowest BCUT2D eigenvalue weighted by molar-refractivity contribution is 1.60. The molecule has 0 heterocycles. The second kappa shape index (κ2) is 5.67. The number of fused-ring (bicyclic) bond motifs is 7. The van der Waals surface area contributed by atoms with Gasteiger partial charge in [-0.05, 0) is 39.7 Å². The van der Waals surface area contributed by atoms with Gasteiger partial charge in [0.2, 0.25) is 10.9 Å². The van der Waals surface area contributed by atoms with E-state index in [1.165, 1.54) is 0 Å². The lowest BCUT2D eigenvalue weighted by atomic mass is 9.92. The van der Waals surface area contributed by atoms with Crippen LogP contribution in [0.5, 0.6) is 0 Å². The summed E-state index contributed by atoms with van der Waals surface area (Å²) in [5, 5.41) is 4.04. The van der Waals surface area contributed by atoms with Crippen LogP contribution in [0.25, 0.3) is 53.9 Å². The summed E-state index contributed by atoms with van der Waals surface area (Å²) >= 11 is 0. The number of rotatable bonds is 0. The van der Waals surface area contributed by atoms with Crippen LogP contribution in [0.15, 0.2) is 92.0 Å². The SMILES string of the molecule is O=c1c(=O)c2c(ccc3c(=O)c4ccccc4c(=O)c32)c2cc3ccccc3cc12. The zero-order chi connectivity index (χ0) is 20.6. The Morgan fingerprint density at radius 2 is 0.900 bits per heavy atom. The predicted molar refractivity (Wildman–Crippen MR) is 121 cm³/mol. The molecule has 0 aromatic heterocycles. The number of benzene rings is 6. The smallest absolute Gasteiger partial charge is 0.234 e. The lowest BCUT2D eigenvalue weighted by Gasteiger charge is -2.08. The average Bonchev–Trinajstić information content (AvgIpc) is 2.79. The zero-order valence-corrected chi connectivity index (χ0v) is 15.6. The molecule has 0 saturated carbocycles. The molecule has 6 rings (SSSR count). The summed E-state index contributed by atoms with van der Waals surface area (Å²) < 4.78 is 0. The van der Waals surface area contributed by atoms with E-state index in [-0.39, 0.29) is 27.0 Å². The maximum Gasteiger partial charge on any atom is 0.234 e. The van der Waals surface area contributed by atoms with Gasteiger partial charge in [-0.1, -0.05) is 54.6 Å². The summed E-state index contributed by atoms with van der Waals surface area (Å²) in [7, 11) is 0. The third kappa shape index (κ3) is 2.00. The second-order valence-corrected chi connectivity index (χ2v) is 7.52. The van der Waals surface area contributed by atoms with Gasteiger partial charge in [0.15, 0.2) is 10.9 Å². The predicted octanol–water partition coefficient (Wildman–Crippen LogP) is 3.77. The van der Waals surface area contributed by atoms with Gasteiger partial charge in [0.1, 0.15) is 0 Å². The van der Waals surface area contributed by atoms with Gasteiger partial charge in [-0.25, -0.2) is 0 Å². The van der Waals surface area contributed by atoms with E-state index < -0.39 is 16.3 Å². The molecular weight excluding hydrogens is 376 g/mol. The average molecular weight is 388 g/mol. The highest BCUT2D eigenvalue weighted by molar-refractivity contribution is 6.20. The maximum atomic E-state index is 13.3. The van der Waals surface area contributed by atoms with Gasteiger partial charge in [-0.3, -0.25) is 19.2 Å². The fraction of sp³-hybridized carbons (Fsp3) is 0. The van der Waals surface area contributed by atoms with Crippen molar-refractivity contribution in [3.8, 4) is 0 Å². The third-order valence-electron chi connectivity index (χ3n) is 5.95. The lowest BCUT2D eigenvalue weighted by Crippen LogP contribution is -2.26. The van der Waals surface area contributed by atoms with Crippen molar-refractivity contribution in [1.29, 1.82) is 0 Å². The molecule has 0 atom stereocenters.